The van der Waals surface area contributed by atoms with Crippen LogP contribution in [0.5, 0.6) is 11.5 Å². The molecule has 2 aromatic rings. The Labute approximate surface area is 247 Å². The van der Waals surface area contributed by atoms with Crippen LogP contribution in [0.15, 0.2) is 36.4 Å². The molecular formula is C33H41NO8. The summed E-state index contributed by atoms with van der Waals surface area (Å²) in [5, 5.41) is 0. The lowest BCUT2D eigenvalue weighted by atomic mass is 9.78. The smallest absolute Gasteiger partial charge is 0.303 e. The number of benzene rings is 2. The molecule has 3 heterocycles. The second kappa shape index (κ2) is 12.7. The van der Waals surface area contributed by atoms with Crippen molar-refractivity contribution >= 4 is 17.9 Å². The van der Waals surface area contributed by atoms with E-state index in [4.69, 9.17) is 23.7 Å². The molecule has 5 rings (SSSR count). The van der Waals surface area contributed by atoms with Gasteiger partial charge >= 0.3 is 17.9 Å². The monoisotopic (exact) mass is 579 g/mol. The van der Waals surface area contributed by atoms with E-state index in [2.05, 4.69) is 29.2 Å². The molecule has 9 heteroatoms. The van der Waals surface area contributed by atoms with Crippen LogP contribution in [-0.2, 0) is 35.0 Å². The SMILES string of the molecule is COc1ccc2cc1-c1cc(ccc1OC)[C@H]1C[C@H](OC(C)=O)[C@@H](OC(C)=O)[C@H]3CCC[C@@H](C[C@H](OC(C)=O)CC2)N13. The van der Waals surface area contributed by atoms with Gasteiger partial charge < -0.3 is 23.7 Å². The van der Waals surface area contributed by atoms with E-state index in [1.54, 1.807) is 14.2 Å². The quantitative estimate of drug-likeness (QED) is 0.351. The van der Waals surface area contributed by atoms with Crippen LogP contribution in [0.4, 0.5) is 0 Å². The standard InChI is InChI=1S/C33H41NO8/c1-19(35)40-25-12-9-22-10-13-30(38-4)26(15-22)27-16-23(11-14-31(27)39-5)29-18-32(41-20(2)36)33(42-21(3)37)28-8-6-7-24(17-25)34(28)29/h10-11,13-16,24-25,28-29,32-33H,6-9,12,17-18H2,1-5H3/t24-,25+,28+,29+,32-,33-/m0/s1. The Hall–Kier alpha value is -3.59. The zero-order valence-corrected chi connectivity index (χ0v) is 25.1. The first-order chi connectivity index (χ1) is 20.2. The highest BCUT2D eigenvalue weighted by Gasteiger charge is 2.51. The number of carbonyl (C=O) groups is 3. The van der Waals surface area contributed by atoms with Crippen molar-refractivity contribution in [1.82, 2.24) is 4.90 Å². The van der Waals surface area contributed by atoms with E-state index in [9.17, 15) is 14.4 Å². The molecule has 6 atom stereocenters. The lowest BCUT2D eigenvalue weighted by molar-refractivity contribution is -0.192. The third-order valence-electron chi connectivity index (χ3n) is 8.81. The first kappa shape index (κ1) is 29.9. The number of hydrogen-bond donors (Lipinski definition) is 0. The van der Waals surface area contributed by atoms with Crippen molar-refractivity contribution < 1.29 is 38.1 Å². The van der Waals surface area contributed by atoms with Crippen LogP contribution in [0.25, 0.3) is 11.1 Å². The zero-order chi connectivity index (χ0) is 30.0. The van der Waals surface area contributed by atoms with Crippen molar-refractivity contribution in [3.8, 4) is 22.6 Å². The summed E-state index contributed by atoms with van der Waals surface area (Å²) in [5.74, 6) is 0.338. The Morgan fingerprint density at radius 1 is 0.762 bits per heavy atom. The molecule has 2 saturated heterocycles. The van der Waals surface area contributed by atoms with Gasteiger partial charge in [0.1, 0.15) is 23.7 Å². The Morgan fingerprint density at radius 3 is 2.10 bits per heavy atom. The lowest BCUT2D eigenvalue weighted by Gasteiger charge is -2.54. The number of piperidine rings is 2. The van der Waals surface area contributed by atoms with Crippen LogP contribution in [0.3, 0.4) is 0 Å². The molecule has 0 aliphatic carbocycles. The van der Waals surface area contributed by atoms with Crippen LogP contribution in [-0.4, -0.2) is 67.4 Å². The van der Waals surface area contributed by atoms with Crippen LogP contribution in [0, 0.1) is 0 Å². The molecule has 9 nitrogen and oxygen atoms in total. The molecule has 0 radical (unpaired) electrons. The molecule has 4 bridgehead atoms. The molecule has 3 aliphatic heterocycles. The summed E-state index contributed by atoms with van der Waals surface area (Å²) >= 11 is 0. The van der Waals surface area contributed by atoms with Crippen molar-refractivity contribution in [3.05, 3.63) is 47.5 Å². The molecule has 0 aromatic heterocycles. The summed E-state index contributed by atoms with van der Waals surface area (Å²) in [6, 6.07) is 12.1. The highest BCUT2D eigenvalue weighted by Crippen LogP contribution is 2.47. The number of fused-ring (bicyclic) bond motifs is 6. The maximum Gasteiger partial charge on any atom is 0.303 e. The predicted octanol–water partition coefficient (Wildman–Crippen LogP) is 5.17. The average molecular weight is 580 g/mol. The van der Waals surface area contributed by atoms with Gasteiger partial charge in [-0.1, -0.05) is 18.6 Å². The number of nitrogens with zero attached hydrogens (tertiary/aromatic N) is 1. The van der Waals surface area contributed by atoms with Crippen molar-refractivity contribution in [2.24, 2.45) is 0 Å². The van der Waals surface area contributed by atoms with Gasteiger partial charge in [-0.25, -0.2) is 0 Å². The molecule has 42 heavy (non-hydrogen) atoms. The maximum atomic E-state index is 12.3. The number of carbonyl (C=O) groups excluding carboxylic acids is 3. The van der Waals surface area contributed by atoms with Gasteiger partial charge in [0.15, 0.2) is 6.10 Å². The fraction of sp³-hybridized carbons (Fsp3) is 0.545. The molecule has 3 aliphatic rings. The van der Waals surface area contributed by atoms with Crippen LogP contribution < -0.4 is 9.47 Å². The molecule has 0 unspecified atom stereocenters. The van der Waals surface area contributed by atoms with Crippen molar-refractivity contribution in [1.29, 1.82) is 0 Å². The van der Waals surface area contributed by atoms with Gasteiger partial charge in [0.05, 0.1) is 20.3 Å². The number of esters is 3. The largest absolute Gasteiger partial charge is 0.496 e. The van der Waals surface area contributed by atoms with E-state index >= 15 is 0 Å². The molecule has 0 amide bonds. The summed E-state index contributed by atoms with van der Waals surface area (Å²) in [5.41, 5.74) is 3.96. The van der Waals surface area contributed by atoms with E-state index in [0.717, 1.165) is 59.4 Å². The molecular weight excluding hydrogens is 538 g/mol. The van der Waals surface area contributed by atoms with Gasteiger partial charge in [-0.2, -0.15) is 0 Å². The second-order valence-electron chi connectivity index (χ2n) is 11.6. The van der Waals surface area contributed by atoms with Crippen molar-refractivity contribution in [3.63, 3.8) is 0 Å². The lowest BCUT2D eigenvalue weighted by Crippen LogP contribution is -2.62. The van der Waals surface area contributed by atoms with Crippen LogP contribution >= 0.6 is 0 Å². The van der Waals surface area contributed by atoms with E-state index < -0.39 is 24.1 Å². The highest BCUT2D eigenvalue weighted by atomic mass is 16.6. The van der Waals surface area contributed by atoms with Gasteiger partial charge in [0.25, 0.3) is 0 Å². The first-order valence-corrected chi connectivity index (χ1v) is 14.8. The summed E-state index contributed by atoms with van der Waals surface area (Å²) in [6.07, 6.45) is 3.65. The summed E-state index contributed by atoms with van der Waals surface area (Å²) in [6.45, 7) is 4.24. The third kappa shape index (κ3) is 6.26. The highest BCUT2D eigenvalue weighted by molar-refractivity contribution is 5.77. The van der Waals surface area contributed by atoms with Gasteiger partial charge in [0, 0.05) is 50.4 Å². The summed E-state index contributed by atoms with van der Waals surface area (Å²) < 4.78 is 29.2. The average Bonchev–Trinajstić information content (AvgIpc) is 2.95. The van der Waals surface area contributed by atoms with E-state index in [0.29, 0.717) is 19.3 Å². The maximum absolute atomic E-state index is 12.3. The number of methoxy groups -OCH3 is 2. The molecule has 0 saturated carbocycles. The minimum Gasteiger partial charge on any atom is -0.496 e. The molecule has 0 N–H and O–H groups in total. The van der Waals surface area contributed by atoms with Gasteiger partial charge in [-0.15, -0.1) is 0 Å². The number of hydrogen-bond acceptors (Lipinski definition) is 9. The summed E-state index contributed by atoms with van der Waals surface area (Å²) in [7, 11) is 3.31. The topological polar surface area (TPSA) is 101 Å². The molecule has 0 spiro atoms. The van der Waals surface area contributed by atoms with E-state index in [1.807, 2.05) is 12.1 Å². The van der Waals surface area contributed by atoms with Crippen LogP contribution in [0.2, 0.25) is 0 Å². The number of ether oxygens (including phenoxy) is 5. The minimum atomic E-state index is -0.597. The molecule has 2 aromatic carbocycles. The van der Waals surface area contributed by atoms with Gasteiger partial charge in [0.2, 0.25) is 0 Å². The first-order valence-electron chi connectivity index (χ1n) is 14.8. The number of rotatable bonds is 5. The number of aryl methyl sites for hydroxylation is 1. The van der Waals surface area contributed by atoms with Gasteiger partial charge in [-0.3, -0.25) is 19.3 Å². The second-order valence-corrected chi connectivity index (χ2v) is 11.6. The van der Waals surface area contributed by atoms with Crippen molar-refractivity contribution in [2.75, 3.05) is 14.2 Å². The minimum absolute atomic E-state index is 0.0680. The fourth-order valence-electron chi connectivity index (χ4n) is 7.25. The third-order valence-corrected chi connectivity index (χ3v) is 8.81. The Kier molecular flexibility index (Phi) is 9.06. The van der Waals surface area contributed by atoms with E-state index in [1.165, 1.54) is 20.8 Å². The normalized spacial score (nSPS) is 27.2. The Balaban J connectivity index is 1.69. The van der Waals surface area contributed by atoms with Crippen molar-refractivity contribution in [2.45, 2.75) is 102 Å². The molecule has 2 fully saturated rings. The molecule has 226 valence electrons. The summed E-state index contributed by atoms with van der Waals surface area (Å²) in [4.78, 5) is 39.2. The fourth-order valence-corrected chi connectivity index (χ4v) is 7.25. The Bertz CT molecular complexity index is 1330. The zero-order valence-electron chi connectivity index (χ0n) is 25.1. The van der Waals surface area contributed by atoms with E-state index in [-0.39, 0.29) is 30.2 Å². The predicted molar refractivity (Wildman–Crippen MR) is 155 cm³/mol. The van der Waals surface area contributed by atoms with Crippen LogP contribution in [0.1, 0.15) is 76.5 Å². The Morgan fingerprint density at radius 2 is 1.43 bits per heavy atom. The van der Waals surface area contributed by atoms with Gasteiger partial charge in [-0.05, 0) is 67.5 Å².